The van der Waals surface area contributed by atoms with Gasteiger partial charge in [0.15, 0.2) is 17.5 Å². The molecule has 1 heterocycles. The number of aliphatic imine (C=N–C) groups is 1. The van der Waals surface area contributed by atoms with Gasteiger partial charge in [0.25, 0.3) is 0 Å². The zero-order valence-electron chi connectivity index (χ0n) is 15.5. The first kappa shape index (κ1) is 22.6. The number of aromatic nitrogens is 1. The summed E-state index contributed by atoms with van der Waals surface area (Å²) in [5.41, 5.74) is 1.92. The molecule has 0 bridgehead atoms. The summed E-state index contributed by atoms with van der Waals surface area (Å²) < 4.78 is 17.1. The Hall–Kier alpha value is -1.49. The lowest BCUT2D eigenvalue weighted by Gasteiger charge is -2.14. The summed E-state index contributed by atoms with van der Waals surface area (Å²) in [6.45, 7) is 4.85. The number of oxazole rings is 1. The molecular formula is C17H24BrIN4O3. The number of benzene rings is 1. The number of rotatable bonds is 6. The summed E-state index contributed by atoms with van der Waals surface area (Å²) in [6.07, 6.45) is 0. The highest BCUT2D eigenvalue weighted by molar-refractivity contribution is 14.0. The number of ether oxygens (including phenoxy) is 2. The molecule has 26 heavy (non-hydrogen) atoms. The number of hydrogen-bond acceptors (Lipinski definition) is 5. The predicted octanol–water partition coefficient (Wildman–Crippen LogP) is 3.55. The maximum absolute atomic E-state index is 5.55. The molecular weight excluding hydrogens is 515 g/mol. The van der Waals surface area contributed by atoms with Crippen LogP contribution in [0, 0.1) is 13.8 Å². The Bertz CT molecular complexity index is 745. The normalized spacial score (nSPS) is 10.9. The number of nitrogens with zero attached hydrogens (tertiary/aromatic N) is 2. The van der Waals surface area contributed by atoms with E-state index in [2.05, 4.69) is 36.5 Å². The van der Waals surface area contributed by atoms with Gasteiger partial charge in [-0.05, 0) is 47.5 Å². The third kappa shape index (κ3) is 5.76. The summed E-state index contributed by atoms with van der Waals surface area (Å²) in [4.78, 5) is 8.54. The second-order valence-electron chi connectivity index (χ2n) is 5.34. The quantitative estimate of drug-likeness (QED) is 0.332. The van der Waals surface area contributed by atoms with E-state index >= 15 is 0 Å². The molecule has 0 radical (unpaired) electrons. The average molecular weight is 539 g/mol. The van der Waals surface area contributed by atoms with Gasteiger partial charge in [-0.2, -0.15) is 0 Å². The molecule has 0 saturated carbocycles. The van der Waals surface area contributed by atoms with E-state index in [1.54, 1.807) is 21.3 Å². The smallest absolute Gasteiger partial charge is 0.214 e. The van der Waals surface area contributed by atoms with Gasteiger partial charge in [0.1, 0.15) is 5.76 Å². The van der Waals surface area contributed by atoms with Crippen molar-refractivity contribution in [2.75, 3.05) is 21.3 Å². The summed E-state index contributed by atoms with van der Waals surface area (Å²) in [7, 11) is 4.94. The molecule has 7 nitrogen and oxygen atoms in total. The molecule has 0 aliphatic carbocycles. The fraction of sp³-hybridized carbons (Fsp3) is 0.412. The van der Waals surface area contributed by atoms with E-state index in [0.29, 0.717) is 36.4 Å². The highest BCUT2D eigenvalue weighted by Crippen LogP contribution is 2.36. The number of nitrogens with one attached hydrogen (secondary N) is 2. The Kier molecular flexibility index (Phi) is 9.20. The molecule has 144 valence electrons. The van der Waals surface area contributed by atoms with Crippen LogP contribution in [0.4, 0.5) is 0 Å². The number of halogens is 2. The first-order valence-electron chi connectivity index (χ1n) is 7.76. The van der Waals surface area contributed by atoms with E-state index in [4.69, 9.17) is 13.9 Å². The molecule has 1 aromatic heterocycles. The van der Waals surface area contributed by atoms with Gasteiger partial charge in [0.05, 0.1) is 30.9 Å². The first-order valence-corrected chi connectivity index (χ1v) is 8.55. The van der Waals surface area contributed by atoms with E-state index in [-0.39, 0.29) is 24.0 Å². The minimum Gasteiger partial charge on any atom is -0.493 e. The van der Waals surface area contributed by atoms with Gasteiger partial charge in [0, 0.05) is 13.6 Å². The van der Waals surface area contributed by atoms with Crippen LogP contribution in [0.15, 0.2) is 26.0 Å². The Balaban J connectivity index is 0.00000338. The number of aryl methyl sites for hydroxylation is 2. The number of hydrogen-bond donors (Lipinski definition) is 2. The Morgan fingerprint density at radius 2 is 1.88 bits per heavy atom. The fourth-order valence-electron chi connectivity index (χ4n) is 2.25. The minimum atomic E-state index is 0. The fourth-order valence-corrected chi connectivity index (χ4v) is 2.91. The van der Waals surface area contributed by atoms with Crippen molar-refractivity contribution >= 4 is 45.9 Å². The van der Waals surface area contributed by atoms with Crippen LogP contribution in [0.3, 0.4) is 0 Å². The van der Waals surface area contributed by atoms with Crippen molar-refractivity contribution in [2.45, 2.75) is 26.9 Å². The van der Waals surface area contributed by atoms with Crippen LogP contribution in [0.5, 0.6) is 11.5 Å². The summed E-state index contributed by atoms with van der Waals surface area (Å²) in [6, 6.07) is 3.90. The van der Waals surface area contributed by atoms with Crippen LogP contribution >= 0.6 is 39.9 Å². The zero-order chi connectivity index (χ0) is 18.4. The van der Waals surface area contributed by atoms with Gasteiger partial charge >= 0.3 is 0 Å². The van der Waals surface area contributed by atoms with Crippen LogP contribution in [-0.2, 0) is 13.1 Å². The maximum atomic E-state index is 5.55. The second kappa shape index (κ2) is 10.6. The standard InChI is InChI=1S/C17H23BrN4O3.HI/c1-10-11(2)25-15(22-10)9-21-17(19-3)20-8-12-6-13(18)16(24-5)14(7-12)23-4;/h6-7H,8-9H2,1-5H3,(H2,19,20,21);1H. The van der Waals surface area contributed by atoms with Crippen LogP contribution in [0.25, 0.3) is 0 Å². The Morgan fingerprint density at radius 3 is 2.42 bits per heavy atom. The monoisotopic (exact) mass is 538 g/mol. The Morgan fingerprint density at radius 1 is 1.19 bits per heavy atom. The molecule has 0 fully saturated rings. The SMILES string of the molecule is CN=C(NCc1cc(Br)c(OC)c(OC)c1)NCc1nc(C)c(C)o1.I. The van der Waals surface area contributed by atoms with Crippen molar-refractivity contribution < 1.29 is 13.9 Å². The van der Waals surface area contributed by atoms with E-state index in [1.165, 1.54) is 0 Å². The highest BCUT2D eigenvalue weighted by Gasteiger charge is 2.11. The van der Waals surface area contributed by atoms with E-state index in [9.17, 15) is 0 Å². The van der Waals surface area contributed by atoms with Gasteiger partial charge in [0.2, 0.25) is 5.89 Å². The van der Waals surface area contributed by atoms with Gasteiger partial charge in [-0.15, -0.1) is 24.0 Å². The molecule has 0 saturated heterocycles. The molecule has 1 aromatic carbocycles. The van der Waals surface area contributed by atoms with Crippen molar-refractivity contribution in [3.8, 4) is 11.5 Å². The van der Waals surface area contributed by atoms with Crippen molar-refractivity contribution in [1.29, 1.82) is 0 Å². The van der Waals surface area contributed by atoms with Crippen LogP contribution < -0.4 is 20.1 Å². The van der Waals surface area contributed by atoms with E-state index < -0.39 is 0 Å². The lowest BCUT2D eigenvalue weighted by Crippen LogP contribution is -2.36. The largest absolute Gasteiger partial charge is 0.493 e. The topological polar surface area (TPSA) is 80.9 Å². The summed E-state index contributed by atoms with van der Waals surface area (Å²) in [5.74, 6) is 3.45. The highest BCUT2D eigenvalue weighted by atomic mass is 127. The molecule has 0 amide bonds. The molecule has 2 aromatic rings. The second-order valence-corrected chi connectivity index (χ2v) is 6.20. The van der Waals surface area contributed by atoms with Gasteiger partial charge in [-0.25, -0.2) is 4.98 Å². The van der Waals surface area contributed by atoms with Gasteiger partial charge in [-0.3, -0.25) is 4.99 Å². The average Bonchev–Trinajstić information content (AvgIpc) is 2.92. The van der Waals surface area contributed by atoms with Gasteiger partial charge in [-0.1, -0.05) is 0 Å². The summed E-state index contributed by atoms with van der Waals surface area (Å²) >= 11 is 3.49. The molecule has 0 aliphatic rings. The molecule has 0 spiro atoms. The predicted molar refractivity (Wildman–Crippen MR) is 116 cm³/mol. The lowest BCUT2D eigenvalue weighted by molar-refractivity contribution is 0.352. The third-order valence-electron chi connectivity index (χ3n) is 3.66. The molecule has 0 atom stereocenters. The zero-order valence-corrected chi connectivity index (χ0v) is 19.4. The Labute approximate surface area is 179 Å². The molecule has 2 N–H and O–H groups in total. The third-order valence-corrected chi connectivity index (χ3v) is 4.25. The van der Waals surface area contributed by atoms with Gasteiger partial charge < -0.3 is 24.5 Å². The number of methoxy groups -OCH3 is 2. The van der Waals surface area contributed by atoms with Crippen molar-refractivity contribution in [2.24, 2.45) is 4.99 Å². The molecule has 0 aliphatic heterocycles. The van der Waals surface area contributed by atoms with Crippen LogP contribution in [-0.4, -0.2) is 32.2 Å². The van der Waals surface area contributed by atoms with Crippen molar-refractivity contribution in [3.05, 3.63) is 39.5 Å². The summed E-state index contributed by atoms with van der Waals surface area (Å²) in [5, 5.41) is 6.42. The first-order chi connectivity index (χ1) is 12.0. The van der Waals surface area contributed by atoms with Crippen molar-refractivity contribution in [3.63, 3.8) is 0 Å². The van der Waals surface area contributed by atoms with E-state index in [1.807, 2.05) is 26.0 Å². The molecule has 9 heteroatoms. The number of guanidine groups is 1. The molecule has 0 unspecified atom stereocenters. The minimum absolute atomic E-state index is 0. The van der Waals surface area contributed by atoms with Crippen LogP contribution in [0.2, 0.25) is 0 Å². The maximum Gasteiger partial charge on any atom is 0.214 e. The lowest BCUT2D eigenvalue weighted by atomic mass is 10.2. The van der Waals surface area contributed by atoms with Crippen LogP contribution in [0.1, 0.15) is 22.9 Å². The van der Waals surface area contributed by atoms with Crippen molar-refractivity contribution in [1.82, 2.24) is 15.6 Å². The van der Waals surface area contributed by atoms with E-state index in [0.717, 1.165) is 21.5 Å². The molecule has 2 rings (SSSR count).